The van der Waals surface area contributed by atoms with E-state index in [0.717, 1.165) is 0 Å². The molecule has 0 saturated heterocycles. The van der Waals surface area contributed by atoms with E-state index in [2.05, 4.69) is 16.0 Å². The zero-order chi connectivity index (χ0) is 23.8. The van der Waals surface area contributed by atoms with Crippen molar-refractivity contribution >= 4 is 58.0 Å². The predicted molar refractivity (Wildman–Crippen MR) is 132 cm³/mol. The van der Waals surface area contributed by atoms with Crippen LogP contribution in [0.25, 0.3) is 0 Å². The Morgan fingerprint density at radius 3 is 1.97 bits per heavy atom. The number of para-hydroxylation sites is 3. The monoisotopic (exact) mass is 484 g/mol. The molecule has 3 rings (SSSR count). The third kappa shape index (κ3) is 7.05. The van der Waals surface area contributed by atoms with Gasteiger partial charge in [-0.15, -0.1) is 0 Å². The Bertz CT molecular complexity index is 1140. The molecule has 0 fully saturated rings. The summed E-state index contributed by atoms with van der Waals surface area (Å²) in [6.45, 7) is -0.135. The first-order chi connectivity index (χ1) is 15.8. The molecule has 0 radical (unpaired) electrons. The number of carbonyl (C=O) groups excluding carboxylic acids is 3. The highest BCUT2D eigenvalue weighted by molar-refractivity contribution is 6.39. The zero-order valence-electron chi connectivity index (χ0n) is 17.8. The highest BCUT2D eigenvalue weighted by atomic mass is 35.5. The second-order valence-corrected chi connectivity index (χ2v) is 8.05. The van der Waals surface area contributed by atoms with Gasteiger partial charge >= 0.3 is 0 Å². The molecule has 3 N–H and O–H groups in total. The van der Waals surface area contributed by atoms with Crippen molar-refractivity contribution in [2.45, 2.75) is 0 Å². The van der Waals surface area contributed by atoms with Gasteiger partial charge < -0.3 is 16.0 Å². The number of rotatable bonds is 8. The zero-order valence-corrected chi connectivity index (χ0v) is 19.3. The van der Waals surface area contributed by atoms with Crippen LogP contribution in [0, 0.1) is 0 Å². The van der Waals surface area contributed by atoms with Gasteiger partial charge in [-0.1, -0.05) is 59.6 Å². The molecule has 0 aliphatic rings. The fourth-order valence-corrected chi connectivity index (χ4v) is 3.53. The average Bonchev–Trinajstić information content (AvgIpc) is 2.77. The summed E-state index contributed by atoms with van der Waals surface area (Å²) in [6, 6.07) is 20.6. The number of amides is 3. The minimum Gasteiger partial charge on any atom is -0.324 e. The van der Waals surface area contributed by atoms with E-state index >= 15 is 0 Å². The molecule has 0 unspecified atom stereocenters. The summed E-state index contributed by atoms with van der Waals surface area (Å²) in [5.41, 5.74) is 1.66. The smallest absolute Gasteiger partial charge is 0.257 e. The van der Waals surface area contributed by atoms with Crippen molar-refractivity contribution in [3.63, 3.8) is 0 Å². The second kappa shape index (κ2) is 11.5. The van der Waals surface area contributed by atoms with Crippen molar-refractivity contribution in [1.29, 1.82) is 0 Å². The largest absolute Gasteiger partial charge is 0.324 e. The number of benzene rings is 3. The molecule has 170 valence electrons. The molecule has 3 aromatic rings. The topological polar surface area (TPSA) is 90.5 Å². The SMILES string of the molecule is CN(CC(=O)Nc1ccccc1C(=O)Nc1ccccc1)CC(=O)Nc1c(Cl)cccc1Cl. The van der Waals surface area contributed by atoms with E-state index in [0.29, 0.717) is 32.7 Å². The van der Waals surface area contributed by atoms with Crippen LogP contribution >= 0.6 is 23.2 Å². The van der Waals surface area contributed by atoms with Crippen LogP contribution < -0.4 is 16.0 Å². The molecule has 0 atom stereocenters. The van der Waals surface area contributed by atoms with Crippen molar-refractivity contribution < 1.29 is 14.4 Å². The van der Waals surface area contributed by atoms with Gasteiger partial charge in [-0.3, -0.25) is 19.3 Å². The lowest BCUT2D eigenvalue weighted by molar-refractivity contribution is -0.119. The molecule has 0 aliphatic heterocycles. The summed E-state index contributed by atoms with van der Waals surface area (Å²) < 4.78 is 0. The van der Waals surface area contributed by atoms with Crippen LogP contribution in [0.5, 0.6) is 0 Å². The molecule has 0 bridgehead atoms. The fourth-order valence-electron chi connectivity index (χ4n) is 3.04. The molecule has 7 nitrogen and oxygen atoms in total. The van der Waals surface area contributed by atoms with Gasteiger partial charge in [0, 0.05) is 5.69 Å². The van der Waals surface area contributed by atoms with Crippen LogP contribution in [0.1, 0.15) is 10.4 Å². The predicted octanol–water partition coefficient (Wildman–Crippen LogP) is 4.75. The van der Waals surface area contributed by atoms with E-state index in [1.54, 1.807) is 61.6 Å². The lowest BCUT2D eigenvalue weighted by Gasteiger charge is -2.17. The molecule has 0 spiro atoms. The summed E-state index contributed by atoms with van der Waals surface area (Å²) in [4.78, 5) is 39.1. The van der Waals surface area contributed by atoms with Gasteiger partial charge in [0.15, 0.2) is 0 Å². The summed E-state index contributed by atoms with van der Waals surface area (Å²) in [5.74, 6) is -1.09. The molecule has 33 heavy (non-hydrogen) atoms. The number of carbonyl (C=O) groups is 3. The Labute approximate surface area is 201 Å². The number of hydrogen-bond donors (Lipinski definition) is 3. The maximum Gasteiger partial charge on any atom is 0.257 e. The van der Waals surface area contributed by atoms with Crippen molar-refractivity contribution in [3.8, 4) is 0 Å². The molecular formula is C24H22Cl2N4O3. The molecule has 0 aliphatic carbocycles. The van der Waals surface area contributed by atoms with Gasteiger partial charge in [0.25, 0.3) is 5.91 Å². The first kappa shape index (κ1) is 24.3. The van der Waals surface area contributed by atoms with E-state index < -0.39 is 0 Å². The first-order valence-corrected chi connectivity index (χ1v) is 10.8. The van der Waals surface area contributed by atoms with Crippen LogP contribution in [0.2, 0.25) is 10.0 Å². The van der Waals surface area contributed by atoms with E-state index in [9.17, 15) is 14.4 Å². The van der Waals surface area contributed by atoms with Crippen molar-refractivity contribution in [1.82, 2.24) is 4.90 Å². The van der Waals surface area contributed by atoms with Crippen molar-refractivity contribution in [2.24, 2.45) is 0 Å². The Balaban J connectivity index is 1.57. The standard InChI is InChI=1S/C24H22Cl2N4O3/c1-30(15-22(32)29-23-18(25)11-7-12-19(23)26)14-21(31)28-20-13-6-5-10-17(20)24(33)27-16-8-3-2-4-9-16/h2-13H,14-15H2,1H3,(H,27,33)(H,28,31)(H,29,32). The quantitative estimate of drug-likeness (QED) is 0.430. The highest BCUT2D eigenvalue weighted by Crippen LogP contribution is 2.29. The number of anilines is 3. The lowest BCUT2D eigenvalue weighted by atomic mass is 10.1. The Kier molecular flexibility index (Phi) is 8.43. The Morgan fingerprint density at radius 1 is 0.727 bits per heavy atom. The van der Waals surface area contributed by atoms with E-state index in [-0.39, 0.29) is 30.8 Å². The third-order valence-electron chi connectivity index (χ3n) is 4.53. The Morgan fingerprint density at radius 2 is 1.30 bits per heavy atom. The summed E-state index contributed by atoms with van der Waals surface area (Å²) in [6.07, 6.45) is 0. The van der Waals surface area contributed by atoms with Crippen molar-refractivity contribution in [2.75, 3.05) is 36.1 Å². The number of nitrogens with zero attached hydrogens (tertiary/aromatic N) is 1. The van der Waals surface area contributed by atoms with Gasteiger partial charge in [-0.2, -0.15) is 0 Å². The van der Waals surface area contributed by atoms with Crippen LogP contribution in [0.15, 0.2) is 72.8 Å². The van der Waals surface area contributed by atoms with Crippen LogP contribution in [-0.2, 0) is 9.59 Å². The maximum absolute atomic E-state index is 12.7. The van der Waals surface area contributed by atoms with E-state index in [1.165, 1.54) is 4.90 Å². The van der Waals surface area contributed by atoms with Gasteiger partial charge in [-0.25, -0.2) is 0 Å². The second-order valence-electron chi connectivity index (χ2n) is 7.23. The number of likely N-dealkylation sites (N-methyl/N-ethyl adjacent to an activating group) is 1. The minimum absolute atomic E-state index is 0.0644. The normalized spacial score (nSPS) is 10.5. The maximum atomic E-state index is 12.7. The molecule has 0 saturated carbocycles. The molecule has 9 heteroatoms. The number of hydrogen-bond acceptors (Lipinski definition) is 4. The third-order valence-corrected chi connectivity index (χ3v) is 5.16. The van der Waals surface area contributed by atoms with Crippen LogP contribution in [-0.4, -0.2) is 42.8 Å². The highest BCUT2D eigenvalue weighted by Gasteiger charge is 2.16. The summed E-state index contributed by atoms with van der Waals surface area (Å²) in [7, 11) is 1.63. The lowest BCUT2D eigenvalue weighted by Crippen LogP contribution is -2.36. The van der Waals surface area contributed by atoms with E-state index in [4.69, 9.17) is 23.2 Å². The van der Waals surface area contributed by atoms with E-state index in [1.807, 2.05) is 18.2 Å². The van der Waals surface area contributed by atoms with Gasteiger partial charge in [0.1, 0.15) is 0 Å². The van der Waals surface area contributed by atoms with Gasteiger partial charge in [0.2, 0.25) is 11.8 Å². The average molecular weight is 485 g/mol. The minimum atomic E-state index is -0.374. The molecule has 3 aromatic carbocycles. The Hall–Kier alpha value is -3.39. The van der Waals surface area contributed by atoms with Crippen LogP contribution in [0.4, 0.5) is 17.1 Å². The summed E-state index contributed by atoms with van der Waals surface area (Å²) in [5, 5.41) is 8.82. The fraction of sp³-hybridized carbons (Fsp3) is 0.125. The van der Waals surface area contributed by atoms with Gasteiger partial charge in [0.05, 0.1) is 40.1 Å². The molecule has 0 heterocycles. The van der Waals surface area contributed by atoms with Crippen molar-refractivity contribution in [3.05, 3.63) is 88.4 Å². The molecule has 3 amide bonds. The summed E-state index contributed by atoms with van der Waals surface area (Å²) >= 11 is 12.1. The van der Waals surface area contributed by atoms with Gasteiger partial charge in [-0.05, 0) is 43.4 Å². The van der Waals surface area contributed by atoms with Crippen LogP contribution in [0.3, 0.4) is 0 Å². The molecular weight excluding hydrogens is 463 g/mol. The number of halogens is 2. The molecule has 0 aromatic heterocycles. The first-order valence-electron chi connectivity index (χ1n) is 10.0. The number of nitrogens with one attached hydrogen (secondary N) is 3.